The molecule has 114 valence electrons. The lowest BCUT2D eigenvalue weighted by atomic mass is 10.1. The number of anilines is 1. The quantitative estimate of drug-likeness (QED) is 0.706. The average molecular weight is 305 g/mol. The third-order valence-electron chi connectivity index (χ3n) is 3.25. The Hall–Kier alpha value is -3.28. The Morgan fingerprint density at radius 3 is 2.74 bits per heavy atom. The van der Waals surface area contributed by atoms with Gasteiger partial charge in [0.1, 0.15) is 11.6 Å². The van der Waals surface area contributed by atoms with E-state index in [0.717, 1.165) is 11.1 Å². The van der Waals surface area contributed by atoms with E-state index in [-0.39, 0.29) is 6.01 Å². The van der Waals surface area contributed by atoms with Gasteiger partial charge in [-0.25, -0.2) is 4.98 Å². The highest BCUT2D eigenvalue weighted by atomic mass is 16.5. The Bertz CT molecular complexity index is 820. The van der Waals surface area contributed by atoms with Crippen LogP contribution in [0.2, 0.25) is 0 Å². The number of hydrogen-bond donors (Lipinski definition) is 2. The fraction of sp³-hybridized carbons (Fsp3) is 0.0588. The van der Waals surface area contributed by atoms with Crippen molar-refractivity contribution < 1.29 is 4.74 Å². The van der Waals surface area contributed by atoms with Crippen LogP contribution >= 0.6 is 0 Å². The zero-order chi connectivity index (χ0) is 16.1. The van der Waals surface area contributed by atoms with Gasteiger partial charge in [0.2, 0.25) is 0 Å². The average Bonchev–Trinajstić information content (AvgIpc) is 2.63. The van der Waals surface area contributed by atoms with Crippen molar-refractivity contribution in [1.82, 2.24) is 15.0 Å². The topological polar surface area (TPSA) is 83.8 Å². The van der Waals surface area contributed by atoms with E-state index < -0.39 is 0 Å². The molecule has 1 aromatic carbocycles. The number of ether oxygens (including phenoxy) is 1. The Balaban J connectivity index is 1.97. The number of aromatic nitrogens is 3. The van der Waals surface area contributed by atoms with Crippen LogP contribution in [0.3, 0.4) is 0 Å². The molecule has 6 heteroatoms. The zero-order valence-electron chi connectivity index (χ0n) is 12.5. The molecule has 2 aromatic heterocycles. The molecule has 0 fully saturated rings. The number of rotatable bonds is 5. The summed E-state index contributed by atoms with van der Waals surface area (Å²) in [5, 5.41) is 10.3. The molecule has 0 bridgehead atoms. The maximum absolute atomic E-state index is 7.33. The lowest BCUT2D eigenvalue weighted by molar-refractivity contribution is 0.444. The van der Waals surface area contributed by atoms with E-state index in [0.29, 0.717) is 17.1 Å². The molecule has 0 spiro atoms. The SMILES string of the molecule is CNc1nc(Oc2ccccc2-c2cccnc2)ncc1C=N. The lowest BCUT2D eigenvalue weighted by Gasteiger charge is -2.11. The van der Waals surface area contributed by atoms with Crippen molar-refractivity contribution >= 4 is 12.0 Å². The third-order valence-corrected chi connectivity index (χ3v) is 3.25. The maximum Gasteiger partial charge on any atom is 0.323 e. The molecule has 0 radical (unpaired) electrons. The van der Waals surface area contributed by atoms with Crippen molar-refractivity contribution in [1.29, 1.82) is 5.41 Å². The number of pyridine rings is 1. The minimum absolute atomic E-state index is 0.219. The highest BCUT2D eigenvalue weighted by Crippen LogP contribution is 2.31. The molecule has 0 aliphatic carbocycles. The van der Waals surface area contributed by atoms with Crippen LogP contribution in [0.15, 0.2) is 55.0 Å². The second kappa shape index (κ2) is 6.65. The molecule has 23 heavy (non-hydrogen) atoms. The molecular weight excluding hydrogens is 290 g/mol. The third kappa shape index (κ3) is 3.16. The van der Waals surface area contributed by atoms with Gasteiger partial charge in [-0.1, -0.05) is 24.3 Å². The molecule has 3 aromatic rings. The fourth-order valence-electron chi connectivity index (χ4n) is 2.14. The highest BCUT2D eigenvalue weighted by Gasteiger charge is 2.10. The monoisotopic (exact) mass is 305 g/mol. The normalized spacial score (nSPS) is 10.1. The van der Waals surface area contributed by atoms with Gasteiger partial charge >= 0.3 is 6.01 Å². The summed E-state index contributed by atoms with van der Waals surface area (Å²) in [5.74, 6) is 1.19. The molecule has 0 unspecified atom stereocenters. The van der Waals surface area contributed by atoms with Crippen molar-refractivity contribution in [3.63, 3.8) is 0 Å². The van der Waals surface area contributed by atoms with Crippen LogP contribution in [0.1, 0.15) is 5.56 Å². The van der Waals surface area contributed by atoms with E-state index in [1.54, 1.807) is 25.6 Å². The minimum atomic E-state index is 0.219. The van der Waals surface area contributed by atoms with Crippen LogP contribution in [0, 0.1) is 5.41 Å². The summed E-state index contributed by atoms with van der Waals surface area (Å²) in [6.45, 7) is 0. The van der Waals surface area contributed by atoms with E-state index in [9.17, 15) is 0 Å². The van der Waals surface area contributed by atoms with Crippen LogP contribution in [-0.2, 0) is 0 Å². The van der Waals surface area contributed by atoms with Gasteiger partial charge < -0.3 is 15.5 Å². The molecule has 6 nitrogen and oxygen atoms in total. The van der Waals surface area contributed by atoms with Crippen molar-refractivity contribution in [3.8, 4) is 22.9 Å². The van der Waals surface area contributed by atoms with Crippen LogP contribution < -0.4 is 10.1 Å². The van der Waals surface area contributed by atoms with Gasteiger partial charge in [0.15, 0.2) is 0 Å². The number of nitrogens with one attached hydrogen (secondary N) is 2. The lowest BCUT2D eigenvalue weighted by Crippen LogP contribution is -2.02. The van der Waals surface area contributed by atoms with Gasteiger partial charge in [0.25, 0.3) is 0 Å². The molecule has 2 heterocycles. The molecule has 0 aliphatic rings. The molecule has 0 aliphatic heterocycles. The maximum atomic E-state index is 7.33. The standard InChI is InChI=1S/C17H15N5O/c1-19-16-13(9-18)11-21-17(22-16)23-15-7-3-2-6-14(15)12-5-4-8-20-10-12/h2-11,18H,1H3,(H,19,21,22). The predicted molar refractivity (Wildman–Crippen MR) is 89.2 cm³/mol. The van der Waals surface area contributed by atoms with Crippen molar-refractivity contribution in [2.24, 2.45) is 0 Å². The van der Waals surface area contributed by atoms with Gasteiger partial charge in [0, 0.05) is 43.0 Å². The van der Waals surface area contributed by atoms with Crippen LogP contribution in [0.25, 0.3) is 11.1 Å². The molecule has 0 saturated heterocycles. The molecule has 0 atom stereocenters. The first-order valence-corrected chi connectivity index (χ1v) is 7.04. The van der Waals surface area contributed by atoms with Crippen molar-refractivity contribution in [3.05, 3.63) is 60.6 Å². The number of hydrogen-bond acceptors (Lipinski definition) is 6. The Morgan fingerprint density at radius 2 is 2.00 bits per heavy atom. The second-order valence-electron chi connectivity index (χ2n) is 4.69. The smallest absolute Gasteiger partial charge is 0.323 e. The second-order valence-corrected chi connectivity index (χ2v) is 4.69. The molecule has 3 rings (SSSR count). The van der Waals surface area contributed by atoms with Crippen molar-refractivity contribution in [2.45, 2.75) is 0 Å². The zero-order valence-corrected chi connectivity index (χ0v) is 12.5. The van der Waals surface area contributed by atoms with E-state index in [1.165, 1.54) is 6.21 Å². The minimum Gasteiger partial charge on any atom is -0.424 e. The fourth-order valence-corrected chi connectivity index (χ4v) is 2.14. The Kier molecular flexibility index (Phi) is 4.24. The highest BCUT2D eigenvalue weighted by molar-refractivity contribution is 5.83. The van der Waals surface area contributed by atoms with Crippen LogP contribution in [-0.4, -0.2) is 28.2 Å². The van der Waals surface area contributed by atoms with Gasteiger partial charge in [-0.3, -0.25) is 4.98 Å². The number of para-hydroxylation sites is 1. The van der Waals surface area contributed by atoms with Gasteiger partial charge in [-0.15, -0.1) is 0 Å². The van der Waals surface area contributed by atoms with Gasteiger partial charge in [-0.2, -0.15) is 4.98 Å². The number of benzene rings is 1. The Labute approximate surface area is 133 Å². The van der Waals surface area contributed by atoms with Crippen LogP contribution in [0.5, 0.6) is 11.8 Å². The number of nitrogens with zero attached hydrogens (tertiary/aromatic N) is 3. The van der Waals surface area contributed by atoms with Gasteiger partial charge in [-0.05, 0) is 12.1 Å². The van der Waals surface area contributed by atoms with Crippen molar-refractivity contribution in [2.75, 3.05) is 12.4 Å². The van der Waals surface area contributed by atoms with E-state index in [4.69, 9.17) is 10.1 Å². The summed E-state index contributed by atoms with van der Waals surface area (Å²) < 4.78 is 5.84. The van der Waals surface area contributed by atoms with Crippen LogP contribution in [0.4, 0.5) is 5.82 Å². The van der Waals surface area contributed by atoms with E-state index >= 15 is 0 Å². The molecule has 2 N–H and O–H groups in total. The summed E-state index contributed by atoms with van der Waals surface area (Å²) in [4.78, 5) is 12.6. The van der Waals surface area contributed by atoms with E-state index in [1.807, 2.05) is 36.4 Å². The molecule has 0 saturated carbocycles. The summed E-state index contributed by atoms with van der Waals surface area (Å²) >= 11 is 0. The summed E-state index contributed by atoms with van der Waals surface area (Å²) in [6, 6.07) is 11.7. The summed E-state index contributed by atoms with van der Waals surface area (Å²) in [6.07, 6.45) is 6.25. The molecular formula is C17H15N5O. The summed E-state index contributed by atoms with van der Waals surface area (Å²) in [5.41, 5.74) is 2.46. The first kappa shape index (κ1) is 14.6. The summed E-state index contributed by atoms with van der Waals surface area (Å²) in [7, 11) is 1.74. The first-order chi connectivity index (χ1) is 11.3. The largest absolute Gasteiger partial charge is 0.424 e. The van der Waals surface area contributed by atoms with Gasteiger partial charge in [0.05, 0.1) is 5.56 Å². The van der Waals surface area contributed by atoms with E-state index in [2.05, 4.69) is 20.3 Å². The predicted octanol–water partition coefficient (Wildman–Crippen LogP) is 3.37. The first-order valence-electron chi connectivity index (χ1n) is 7.04. The Morgan fingerprint density at radius 1 is 1.13 bits per heavy atom. The molecule has 0 amide bonds.